The van der Waals surface area contributed by atoms with Gasteiger partial charge in [-0.05, 0) is 128 Å². The first-order valence-electron chi connectivity index (χ1n) is 31.5. The fraction of sp³-hybridized carbons (Fsp3) is 0.671. The molecule has 0 aromatic rings. The molecule has 0 N–H and O–H groups in total. The van der Waals surface area contributed by atoms with Crippen LogP contribution in [0, 0.1) is 0 Å². The van der Waals surface area contributed by atoms with Gasteiger partial charge in [-0.1, -0.05) is 258 Å². The van der Waals surface area contributed by atoms with Crippen molar-refractivity contribution in [2.75, 3.05) is 13.2 Å². The number of rotatable bonds is 56. The van der Waals surface area contributed by atoms with Crippen molar-refractivity contribution >= 4 is 17.9 Å². The van der Waals surface area contributed by atoms with E-state index < -0.39 is 6.10 Å². The molecular formula is C70H116O6. The Hall–Kier alpha value is -4.19. The van der Waals surface area contributed by atoms with Crippen molar-refractivity contribution in [1.29, 1.82) is 0 Å². The predicted molar refractivity (Wildman–Crippen MR) is 330 cm³/mol. The molecule has 6 heteroatoms. The largest absolute Gasteiger partial charge is 0.462 e. The van der Waals surface area contributed by atoms with Crippen LogP contribution in [0.3, 0.4) is 0 Å². The third-order valence-electron chi connectivity index (χ3n) is 13.2. The molecule has 0 bridgehead atoms. The summed E-state index contributed by atoms with van der Waals surface area (Å²) >= 11 is 0. The van der Waals surface area contributed by atoms with Gasteiger partial charge in [-0.2, -0.15) is 0 Å². The zero-order chi connectivity index (χ0) is 55.0. The molecule has 432 valence electrons. The molecule has 0 aliphatic carbocycles. The van der Waals surface area contributed by atoms with Crippen LogP contribution in [0.5, 0.6) is 0 Å². The number of hydrogen-bond acceptors (Lipinski definition) is 6. The summed E-state index contributed by atoms with van der Waals surface area (Å²) in [6, 6.07) is 0. The molecule has 0 aliphatic rings. The Balaban J connectivity index is 4.46. The van der Waals surface area contributed by atoms with Gasteiger partial charge < -0.3 is 14.2 Å². The van der Waals surface area contributed by atoms with Gasteiger partial charge in [0.25, 0.3) is 0 Å². The highest BCUT2D eigenvalue weighted by Gasteiger charge is 2.19. The van der Waals surface area contributed by atoms with Gasteiger partial charge in [-0.3, -0.25) is 14.4 Å². The Morgan fingerprint density at radius 1 is 0.276 bits per heavy atom. The highest BCUT2D eigenvalue weighted by molar-refractivity contribution is 5.71. The maximum absolute atomic E-state index is 12.9. The predicted octanol–water partition coefficient (Wildman–Crippen LogP) is 21.6. The molecule has 0 fully saturated rings. The topological polar surface area (TPSA) is 78.9 Å². The molecule has 0 saturated carbocycles. The van der Waals surface area contributed by atoms with E-state index in [1.807, 2.05) is 0 Å². The number of carbonyl (C=O) groups is 3. The molecule has 1 unspecified atom stereocenters. The van der Waals surface area contributed by atoms with Gasteiger partial charge in [0.15, 0.2) is 6.10 Å². The van der Waals surface area contributed by atoms with Crippen molar-refractivity contribution < 1.29 is 28.6 Å². The van der Waals surface area contributed by atoms with E-state index in [0.717, 1.165) is 148 Å². The summed E-state index contributed by atoms with van der Waals surface area (Å²) in [4.78, 5) is 38.3. The molecule has 0 aromatic heterocycles. The summed E-state index contributed by atoms with van der Waals surface area (Å²) in [5.74, 6) is -0.925. The van der Waals surface area contributed by atoms with Gasteiger partial charge in [-0.15, -0.1) is 0 Å². The SMILES string of the molecule is CC/C=C\C/C=C\C/C=C\C/C=C\C/C=C\CCCCCCCC(=O)OCC(COC(=O)CCCCCCC/C=C\CCCCCCCCC)OC(=O)CCCCCCCCCC/C=C\C/C=C\C/C=C\C/C=C\CC. The number of unbranched alkanes of at least 4 members (excludes halogenated alkanes) is 25. The molecule has 0 amide bonds. The van der Waals surface area contributed by atoms with Crippen molar-refractivity contribution in [2.24, 2.45) is 0 Å². The molecule has 1 atom stereocenters. The van der Waals surface area contributed by atoms with Gasteiger partial charge in [0.1, 0.15) is 13.2 Å². The summed E-state index contributed by atoms with van der Waals surface area (Å²) in [6.45, 7) is 6.40. The minimum atomic E-state index is -0.799. The molecule has 0 aliphatic heterocycles. The molecule has 0 radical (unpaired) electrons. The lowest BCUT2D eigenvalue weighted by atomic mass is 10.1. The van der Waals surface area contributed by atoms with Crippen molar-refractivity contribution in [2.45, 2.75) is 290 Å². The van der Waals surface area contributed by atoms with E-state index in [0.29, 0.717) is 19.3 Å². The Morgan fingerprint density at radius 3 is 0.816 bits per heavy atom. The maximum Gasteiger partial charge on any atom is 0.306 e. The third-order valence-corrected chi connectivity index (χ3v) is 13.2. The minimum absolute atomic E-state index is 0.0940. The smallest absolute Gasteiger partial charge is 0.306 e. The zero-order valence-corrected chi connectivity index (χ0v) is 49.5. The van der Waals surface area contributed by atoms with E-state index in [9.17, 15) is 14.4 Å². The molecule has 76 heavy (non-hydrogen) atoms. The second kappa shape index (κ2) is 63.3. The summed E-state index contributed by atoms with van der Waals surface area (Å²) in [6.07, 6.45) is 87.6. The van der Waals surface area contributed by atoms with Crippen LogP contribution in [0.2, 0.25) is 0 Å². The van der Waals surface area contributed by atoms with Crippen LogP contribution in [0.1, 0.15) is 284 Å². The molecule has 6 nitrogen and oxygen atoms in total. The summed E-state index contributed by atoms with van der Waals surface area (Å²) < 4.78 is 16.9. The lowest BCUT2D eigenvalue weighted by Gasteiger charge is -2.18. The van der Waals surface area contributed by atoms with Crippen molar-refractivity contribution in [1.82, 2.24) is 0 Å². The molecule has 0 saturated heterocycles. The number of ether oxygens (including phenoxy) is 3. The van der Waals surface area contributed by atoms with E-state index in [4.69, 9.17) is 14.2 Å². The van der Waals surface area contributed by atoms with Crippen LogP contribution < -0.4 is 0 Å². The van der Waals surface area contributed by atoms with Gasteiger partial charge in [-0.25, -0.2) is 0 Å². The fourth-order valence-corrected chi connectivity index (χ4v) is 8.51. The molecule has 0 rings (SSSR count). The fourth-order valence-electron chi connectivity index (χ4n) is 8.51. The number of hydrogen-bond donors (Lipinski definition) is 0. The van der Waals surface area contributed by atoms with E-state index in [1.54, 1.807) is 0 Å². The van der Waals surface area contributed by atoms with Crippen molar-refractivity contribution in [3.8, 4) is 0 Å². The first-order chi connectivity index (χ1) is 37.5. The second-order valence-electron chi connectivity index (χ2n) is 20.5. The summed E-state index contributed by atoms with van der Waals surface area (Å²) in [5.41, 5.74) is 0. The van der Waals surface area contributed by atoms with Crippen LogP contribution in [0.25, 0.3) is 0 Å². The van der Waals surface area contributed by atoms with Crippen molar-refractivity contribution in [3.63, 3.8) is 0 Å². The maximum atomic E-state index is 12.9. The van der Waals surface area contributed by atoms with E-state index >= 15 is 0 Å². The van der Waals surface area contributed by atoms with Crippen LogP contribution in [-0.2, 0) is 28.6 Å². The Labute approximate surface area is 469 Å². The molecule has 0 spiro atoms. The first kappa shape index (κ1) is 71.8. The number of allylic oxidation sites excluding steroid dienone is 20. The summed E-state index contributed by atoms with van der Waals surface area (Å²) in [5, 5.41) is 0. The highest BCUT2D eigenvalue weighted by Crippen LogP contribution is 2.15. The quantitative estimate of drug-likeness (QED) is 0.0261. The second-order valence-corrected chi connectivity index (χ2v) is 20.5. The molecule has 0 heterocycles. The van der Waals surface area contributed by atoms with Gasteiger partial charge in [0.2, 0.25) is 0 Å². The number of esters is 3. The number of carbonyl (C=O) groups excluding carboxylic acids is 3. The average molecular weight is 1050 g/mol. The van der Waals surface area contributed by atoms with Crippen LogP contribution in [0.15, 0.2) is 122 Å². The van der Waals surface area contributed by atoms with Crippen LogP contribution in [0.4, 0.5) is 0 Å². The van der Waals surface area contributed by atoms with Crippen LogP contribution in [-0.4, -0.2) is 37.2 Å². The monoisotopic (exact) mass is 1050 g/mol. The Kier molecular flexibility index (Phi) is 59.9. The van der Waals surface area contributed by atoms with Crippen LogP contribution >= 0.6 is 0 Å². The third kappa shape index (κ3) is 60.7. The zero-order valence-electron chi connectivity index (χ0n) is 49.5. The minimum Gasteiger partial charge on any atom is -0.462 e. The van der Waals surface area contributed by atoms with Gasteiger partial charge in [0, 0.05) is 19.3 Å². The molecular weight excluding hydrogens is 937 g/mol. The normalized spacial score (nSPS) is 12.9. The lowest BCUT2D eigenvalue weighted by molar-refractivity contribution is -0.167. The van der Waals surface area contributed by atoms with Gasteiger partial charge in [0.05, 0.1) is 0 Å². The molecule has 0 aromatic carbocycles. The average Bonchev–Trinajstić information content (AvgIpc) is 3.42. The van der Waals surface area contributed by atoms with E-state index in [2.05, 4.69) is 142 Å². The Bertz CT molecular complexity index is 1590. The van der Waals surface area contributed by atoms with Crippen molar-refractivity contribution in [3.05, 3.63) is 122 Å². The van der Waals surface area contributed by atoms with Gasteiger partial charge >= 0.3 is 17.9 Å². The first-order valence-corrected chi connectivity index (χ1v) is 31.5. The Morgan fingerprint density at radius 2 is 0.513 bits per heavy atom. The lowest BCUT2D eigenvalue weighted by Crippen LogP contribution is -2.30. The van der Waals surface area contributed by atoms with E-state index in [1.165, 1.54) is 96.3 Å². The standard InChI is InChI=1S/C70H116O6/c1-4-7-10-13-16-19-22-25-28-31-33-35-37-39-42-45-48-51-54-57-60-63-69(72)75-66-67(65-74-68(71)62-59-56-53-50-47-44-41-30-27-24-21-18-15-12-9-6-3)76-70(73)64-61-58-55-52-49-46-43-40-38-36-34-32-29-26-23-20-17-14-11-8-5-2/h7-8,10-11,16-17,19-20,25-26,28-30,33-36,39,41-42,67H,4-6,9,12-15,18,21-24,27,31-32,37-38,40,43-66H2,1-3H3/b10-7-,11-8-,19-16-,20-17-,28-25-,29-26-,35-33-,36-34-,41-30-,42-39-. The summed E-state index contributed by atoms with van der Waals surface area (Å²) in [7, 11) is 0. The highest BCUT2D eigenvalue weighted by atomic mass is 16.6. The van der Waals surface area contributed by atoms with E-state index in [-0.39, 0.29) is 31.1 Å².